The number of hydrogen-bond donors (Lipinski definition) is 1. The quantitative estimate of drug-likeness (QED) is 0.317. The lowest BCUT2D eigenvalue weighted by molar-refractivity contribution is 0.342. The van der Waals surface area contributed by atoms with Crippen LogP contribution in [0.1, 0.15) is 31.4 Å². The maximum absolute atomic E-state index is 13.8. The fourth-order valence-electron chi connectivity index (χ4n) is 4.90. The van der Waals surface area contributed by atoms with Crippen molar-refractivity contribution < 1.29 is 17.0 Å². The Bertz CT molecular complexity index is 1930. The molecule has 1 aliphatic rings. The van der Waals surface area contributed by atoms with E-state index in [9.17, 15) is 22.4 Å². The van der Waals surface area contributed by atoms with Gasteiger partial charge < -0.3 is 14.3 Å². The van der Waals surface area contributed by atoms with Crippen LogP contribution >= 0.6 is 0 Å². The van der Waals surface area contributed by atoms with Crippen molar-refractivity contribution in [2.75, 3.05) is 6.61 Å². The van der Waals surface area contributed by atoms with Crippen LogP contribution in [0.15, 0.2) is 64.3 Å². The zero-order chi connectivity index (χ0) is 25.2. The number of nitriles is 1. The maximum Gasteiger partial charge on any atom is 0.332 e. The van der Waals surface area contributed by atoms with E-state index in [2.05, 4.69) is 15.6 Å². The normalized spacial score (nSPS) is 13.9. The van der Waals surface area contributed by atoms with E-state index in [1.165, 1.54) is 18.2 Å². The molecule has 0 bridgehead atoms. The zero-order valence-electron chi connectivity index (χ0n) is 19.2. The number of pyridine rings is 1. The van der Waals surface area contributed by atoms with Crippen LogP contribution in [0, 0.1) is 11.3 Å². The van der Waals surface area contributed by atoms with Crippen LogP contribution in [0.3, 0.4) is 0 Å². The standard InChI is InChI=1S/C27H20FN3O4S/c1-2-35-24-13-21-23(12-20(24)16-4-3-5-18(11-16)36(28,33)34)31(17-7-8-17)27-25(26(21)32)19-9-6-15(14-29)10-22(19)30-27/h3-6,9-13,17,30H,2,7-8H2,1H3. The largest absolute Gasteiger partial charge is 0.493 e. The summed E-state index contributed by atoms with van der Waals surface area (Å²) in [6.07, 6.45) is 1.90. The molecule has 36 heavy (non-hydrogen) atoms. The second-order valence-electron chi connectivity index (χ2n) is 8.92. The van der Waals surface area contributed by atoms with Crippen LogP contribution in [0.4, 0.5) is 3.89 Å². The summed E-state index contributed by atoms with van der Waals surface area (Å²) in [6, 6.07) is 16.7. The average Bonchev–Trinajstić information content (AvgIpc) is 3.62. The van der Waals surface area contributed by atoms with Gasteiger partial charge >= 0.3 is 10.2 Å². The first-order valence-electron chi connectivity index (χ1n) is 11.6. The van der Waals surface area contributed by atoms with Crippen molar-refractivity contribution in [3.8, 4) is 22.9 Å². The third-order valence-electron chi connectivity index (χ3n) is 6.62. The van der Waals surface area contributed by atoms with E-state index in [1.54, 1.807) is 30.3 Å². The summed E-state index contributed by atoms with van der Waals surface area (Å²) in [4.78, 5) is 16.7. The molecule has 7 nitrogen and oxygen atoms in total. The molecule has 3 aromatic carbocycles. The SMILES string of the molecule is CCOc1cc2c(=O)c3c4ccc(C#N)cc4[nH]c3n(C3CC3)c2cc1-c1cccc(S(=O)(=O)F)c1. The van der Waals surface area contributed by atoms with E-state index in [0.29, 0.717) is 56.5 Å². The van der Waals surface area contributed by atoms with Crippen LogP contribution in [0.25, 0.3) is 44.0 Å². The van der Waals surface area contributed by atoms with Gasteiger partial charge in [0.15, 0.2) is 5.43 Å². The molecule has 6 rings (SSSR count). The monoisotopic (exact) mass is 501 g/mol. The Labute approximate surface area is 205 Å². The molecule has 2 aromatic heterocycles. The summed E-state index contributed by atoms with van der Waals surface area (Å²) >= 11 is 0. The van der Waals surface area contributed by atoms with E-state index in [0.717, 1.165) is 18.2 Å². The minimum Gasteiger partial charge on any atom is -0.493 e. The van der Waals surface area contributed by atoms with Crippen molar-refractivity contribution in [2.45, 2.75) is 30.7 Å². The van der Waals surface area contributed by atoms with Gasteiger partial charge in [0.25, 0.3) is 0 Å². The minimum absolute atomic E-state index is 0.166. The smallest absolute Gasteiger partial charge is 0.332 e. The van der Waals surface area contributed by atoms with Crippen LogP contribution in [0.2, 0.25) is 0 Å². The summed E-state index contributed by atoms with van der Waals surface area (Å²) < 4.78 is 44.8. The number of aromatic amines is 1. The van der Waals surface area contributed by atoms with E-state index in [4.69, 9.17) is 4.74 Å². The first kappa shape index (κ1) is 22.3. The molecular weight excluding hydrogens is 481 g/mol. The summed E-state index contributed by atoms with van der Waals surface area (Å²) in [5, 5.41) is 11.1. The molecule has 1 saturated carbocycles. The summed E-state index contributed by atoms with van der Waals surface area (Å²) in [5.74, 6) is 0.406. The Morgan fingerprint density at radius 1 is 1.14 bits per heavy atom. The van der Waals surface area contributed by atoms with Gasteiger partial charge in [-0.3, -0.25) is 4.79 Å². The molecule has 1 aliphatic carbocycles. The van der Waals surface area contributed by atoms with Crippen LogP contribution < -0.4 is 10.2 Å². The van der Waals surface area contributed by atoms with Crippen molar-refractivity contribution in [1.29, 1.82) is 5.26 Å². The number of nitrogens with one attached hydrogen (secondary N) is 1. The van der Waals surface area contributed by atoms with E-state index >= 15 is 0 Å². The van der Waals surface area contributed by atoms with Gasteiger partial charge in [-0.15, -0.1) is 3.89 Å². The van der Waals surface area contributed by atoms with Gasteiger partial charge in [0.05, 0.1) is 39.4 Å². The Morgan fingerprint density at radius 3 is 2.64 bits per heavy atom. The molecule has 0 unspecified atom stereocenters. The zero-order valence-corrected chi connectivity index (χ0v) is 20.0. The number of aromatic nitrogens is 2. The molecule has 0 amide bonds. The predicted octanol–water partition coefficient (Wildman–Crippen LogP) is 5.57. The van der Waals surface area contributed by atoms with Gasteiger partial charge in [-0.2, -0.15) is 13.7 Å². The molecular formula is C27H20FN3O4S. The summed E-state index contributed by atoms with van der Waals surface area (Å²) in [6.45, 7) is 2.14. The highest BCUT2D eigenvalue weighted by molar-refractivity contribution is 7.86. The topological polar surface area (TPSA) is 105 Å². The first-order chi connectivity index (χ1) is 17.3. The van der Waals surface area contributed by atoms with E-state index < -0.39 is 15.1 Å². The highest BCUT2D eigenvalue weighted by Crippen LogP contribution is 2.43. The number of nitrogens with zero attached hydrogens (tertiary/aromatic N) is 2. The lowest BCUT2D eigenvalue weighted by Gasteiger charge is -2.17. The second-order valence-corrected chi connectivity index (χ2v) is 10.3. The highest BCUT2D eigenvalue weighted by atomic mass is 32.3. The third-order valence-corrected chi connectivity index (χ3v) is 7.43. The molecule has 0 radical (unpaired) electrons. The molecule has 9 heteroatoms. The van der Waals surface area contributed by atoms with Crippen molar-refractivity contribution in [3.63, 3.8) is 0 Å². The number of halogens is 1. The summed E-state index contributed by atoms with van der Waals surface area (Å²) in [5.41, 5.74) is 3.41. The van der Waals surface area contributed by atoms with Crippen molar-refractivity contribution in [3.05, 3.63) is 70.4 Å². The summed E-state index contributed by atoms with van der Waals surface area (Å²) in [7, 11) is -4.89. The lowest BCUT2D eigenvalue weighted by Crippen LogP contribution is -2.11. The Morgan fingerprint density at radius 2 is 1.94 bits per heavy atom. The Balaban J connectivity index is 1.73. The molecule has 0 atom stereocenters. The molecule has 2 heterocycles. The number of fused-ring (bicyclic) bond motifs is 4. The molecule has 180 valence electrons. The first-order valence-corrected chi connectivity index (χ1v) is 12.9. The van der Waals surface area contributed by atoms with Crippen molar-refractivity contribution in [1.82, 2.24) is 9.55 Å². The molecule has 1 fully saturated rings. The van der Waals surface area contributed by atoms with Crippen molar-refractivity contribution in [2.24, 2.45) is 0 Å². The molecule has 0 saturated heterocycles. The molecule has 0 aliphatic heterocycles. The van der Waals surface area contributed by atoms with Crippen LogP contribution in [0.5, 0.6) is 5.75 Å². The average molecular weight is 502 g/mol. The fourth-order valence-corrected chi connectivity index (χ4v) is 5.40. The Hall–Kier alpha value is -4.16. The second kappa shape index (κ2) is 7.93. The fraction of sp³-hybridized carbons (Fsp3) is 0.185. The van der Waals surface area contributed by atoms with Gasteiger partial charge in [-0.05, 0) is 61.7 Å². The van der Waals surface area contributed by atoms with Gasteiger partial charge in [-0.1, -0.05) is 18.2 Å². The van der Waals surface area contributed by atoms with Gasteiger partial charge in [0.2, 0.25) is 0 Å². The number of benzene rings is 3. The van der Waals surface area contributed by atoms with Gasteiger partial charge in [-0.25, -0.2) is 0 Å². The highest BCUT2D eigenvalue weighted by Gasteiger charge is 2.29. The molecule has 5 aromatic rings. The molecule has 0 spiro atoms. The number of H-pyrrole nitrogens is 1. The van der Waals surface area contributed by atoms with Crippen molar-refractivity contribution >= 4 is 43.1 Å². The number of hydrogen-bond acceptors (Lipinski definition) is 5. The number of ether oxygens (including phenoxy) is 1. The van der Waals surface area contributed by atoms with Crippen LogP contribution in [-0.4, -0.2) is 24.6 Å². The number of rotatable bonds is 5. The van der Waals surface area contributed by atoms with Gasteiger partial charge in [0, 0.05) is 22.5 Å². The van der Waals surface area contributed by atoms with E-state index in [1.807, 2.05) is 13.0 Å². The minimum atomic E-state index is -4.89. The van der Waals surface area contributed by atoms with E-state index in [-0.39, 0.29) is 11.5 Å². The maximum atomic E-state index is 13.8. The lowest BCUT2D eigenvalue weighted by atomic mass is 10.0. The Kier molecular flexibility index (Phi) is 4.92. The molecule has 1 N–H and O–H groups in total. The predicted molar refractivity (Wildman–Crippen MR) is 135 cm³/mol. The third kappa shape index (κ3) is 3.45. The van der Waals surface area contributed by atoms with Gasteiger partial charge in [0.1, 0.15) is 11.4 Å². The van der Waals surface area contributed by atoms with Crippen LogP contribution in [-0.2, 0) is 10.2 Å².